The number of nitrogens with zero attached hydrogens (tertiary/aromatic N) is 4. The van der Waals surface area contributed by atoms with Crippen LogP contribution in [0.1, 0.15) is 10.6 Å². The predicted molar refractivity (Wildman–Crippen MR) is 86.9 cm³/mol. The van der Waals surface area contributed by atoms with E-state index in [9.17, 15) is 0 Å². The zero-order chi connectivity index (χ0) is 15.4. The van der Waals surface area contributed by atoms with Crippen molar-refractivity contribution in [2.24, 2.45) is 0 Å². The van der Waals surface area contributed by atoms with Gasteiger partial charge in [0.25, 0.3) is 0 Å². The molecule has 22 heavy (non-hydrogen) atoms. The van der Waals surface area contributed by atoms with Gasteiger partial charge in [-0.2, -0.15) is 5.26 Å². The Balaban J connectivity index is 1.84. The molecule has 3 aromatic rings. The van der Waals surface area contributed by atoms with E-state index in [0.717, 1.165) is 27.6 Å². The second-order valence-electron chi connectivity index (χ2n) is 4.68. The van der Waals surface area contributed by atoms with Gasteiger partial charge in [-0.05, 0) is 30.7 Å². The molecule has 108 valence electrons. The van der Waals surface area contributed by atoms with Crippen LogP contribution in [-0.4, -0.2) is 15.0 Å². The topological polar surface area (TPSA) is 74.5 Å². The van der Waals surface area contributed by atoms with Crippen LogP contribution in [0.5, 0.6) is 0 Å². The summed E-state index contributed by atoms with van der Waals surface area (Å²) < 4.78 is 0. The van der Waals surface area contributed by atoms with Gasteiger partial charge < -0.3 is 5.32 Å². The highest BCUT2D eigenvalue weighted by atomic mass is 32.1. The van der Waals surface area contributed by atoms with Crippen molar-refractivity contribution in [1.29, 1.82) is 5.26 Å². The van der Waals surface area contributed by atoms with E-state index in [4.69, 9.17) is 5.26 Å². The van der Waals surface area contributed by atoms with Crippen LogP contribution in [0.3, 0.4) is 0 Å². The van der Waals surface area contributed by atoms with Crippen LogP contribution in [0.2, 0.25) is 0 Å². The Bertz CT molecular complexity index is 834. The molecule has 6 heteroatoms. The minimum atomic E-state index is 0.383. The largest absolute Gasteiger partial charge is 0.324 e. The number of nitriles is 1. The van der Waals surface area contributed by atoms with E-state index in [2.05, 4.69) is 26.3 Å². The van der Waals surface area contributed by atoms with E-state index in [1.54, 1.807) is 17.5 Å². The van der Waals surface area contributed by atoms with Crippen molar-refractivity contribution in [3.63, 3.8) is 0 Å². The number of hydrogen-bond acceptors (Lipinski definition) is 6. The van der Waals surface area contributed by atoms with Crippen LogP contribution in [-0.2, 0) is 6.42 Å². The molecule has 0 spiro atoms. The van der Waals surface area contributed by atoms with Gasteiger partial charge in [0.1, 0.15) is 5.69 Å². The minimum absolute atomic E-state index is 0.383. The first-order chi connectivity index (χ1) is 10.7. The first-order valence-electron chi connectivity index (χ1n) is 6.73. The monoisotopic (exact) mass is 307 g/mol. The summed E-state index contributed by atoms with van der Waals surface area (Å²) in [6, 6.07) is 11.7. The van der Waals surface area contributed by atoms with E-state index in [0.29, 0.717) is 12.4 Å². The van der Waals surface area contributed by atoms with Crippen molar-refractivity contribution in [3.8, 4) is 17.5 Å². The molecule has 0 atom stereocenters. The Kier molecular flexibility index (Phi) is 4.08. The molecule has 0 unspecified atom stereocenters. The lowest BCUT2D eigenvalue weighted by Crippen LogP contribution is -1.98. The number of nitrogens with one attached hydrogen (secondary N) is 1. The summed E-state index contributed by atoms with van der Waals surface area (Å²) in [6.07, 6.45) is 2.09. The predicted octanol–water partition coefficient (Wildman–Crippen LogP) is 3.72. The molecule has 1 aromatic carbocycles. The summed E-state index contributed by atoms with van der Waals surface area (Å²) in [5.41, 5.74) is 3.46. The highest BCUT2D eigenvalue weighted by Crippen LogP contribution is 2.21. The number of rotatable bonds is 4. The lowest BCUT2D eigenvalue weighted by atomic mass is 10.1. The number of thiazole rings is 1. The molecule has 0 aliphatic heterocycles. The third kappa shape index (κ3) is 3.27. The van der Waals surface area contributed by atoms with Crippen LogP contribution in [0, 0.1) is 18.3 Å². The summed E-state index contributed by atoms with van der Waals surface area (Å²) in [7, 11) is 0. The molecule has 1 N–H and O–H groups in total. The van der Waals surface area contributed by atoms with E-state index in [-0.39, 0.29) is 0 Å². The molecule has 0 bridgehead atoms. The van der Waals surface area contributed by atoms with Crippen molar-refractivity contribution in [3.05, 3.63) is 52.5 Å². The molecule has 3 rings (SSSR count). The maximum atomic E-state index is 8.76. The van der Waals surface area contributed by atoms with E-state index in [1.165, 1.54) is 0 Å². The Hall–Kier alpha value is -2.78. The first-order valence-corrected chi connectivity index (χ1v) is 7.61. The van der Waals surface area contributed by atoms with Crippen LogP contribution in [0.25, 0.3) is 11.4 Å². The second-order valence-corrected chi connectivity index (χ2v) is 5.74. The van der Waals surface area contributed by atoms with Gasteiger partial charge in [-0.25, -0.2) is 15.0 Å². The molecule has 0 saturated heterocycles. The zero-order valence-corrected chi connectivity index (χ0v) is 12.8. The summed E-state index contributed by atoms with van der Waals surface area (Å²) >= 11 is 1.59. The molecular formula is C16H13N5S. The highest BCUT2D eigenvalue weighted by molar-refractivity contribution is 7.09. The SMILES string of the molecule is Cc1nc(-c2ccnc(Nc3cccc(CC#N)c3)n2)cs1. The molecule has 0 saturated carbocycles. The van der Waals surface area contributed by atoms with Crippen LogP contribution >= 0.6 is 11.3 Å². The summed E-state index contributed by atoms with van der Waals surface area (Å²) in [4.78, 5) is 13.1. The highest BCUT2D eigenvalue weighted by Gasteiger charge is 2.06. The van der Waals surface area contributed by atoms with Gasteiger partial charge in [0, 0.05) is 17.3 Å². The van der Waals surface area contributed by atoms with Crippen molar-refractivity contribution < 1.29 is 0 Å². The molecule has 0 aliphatic carbocycles. The van der Waals surface area contributed by atoms with Crippen molar-refractivity contribution in [1.82, 2.24) is 15.0 Å². The van der Waals surface area contributed by atoms with Gasteiger partial charge in [0.15, 0.2) is 0 Å². The maximum absolute atomic E-state index is 8.76. The quantitative estimate of drug-likeness (QED) is 0.795. The van der Waals surface area contributed by atoms with Crippen molar-refractivity contribution in [2.45, 2.75) is 13.3 Å². The smallest absolute Gasteiger partial charge is 0.227 e. The summed E-state index contributed by atoms with van der Waals surface area (Å²) in [5, 5.41) is 14.9. The summed E-state index contributed by atoms with van der Waals surface area (Å²) in [5.74, 6) is 0.511. The normalized spacial score (nSPS) is 10.2. The van der Waals surface area contributed by atoms with Crippen molar-refractivity contribution in [2.75, 3.05) is 5.32 Å². The standard InChI is InChI=1S/C16H13N5S/c1-11-19-15(10-22-11)14-6-8-18-16(21-14)20-13-4-2-3-12(9-13)5-7-17/h2-4,6,8-10H,5H2,1H3,(H,18,20,21). The Morgan fingerprint density at radius 1 is 1.23 bits per heavy atom. The van der Waals surface area contributed by atoms with Gasteiger partial charge in [-0.15, -0.1) is 11.3 Å². The molecule has 0 radical (unpaired) electrons. The van der Waals surface area contributed by atoms with Gasteiger partial charge in [-0.1, -0.05) is 12.1 Å². The molecule has 0 amide bonds. The number of aromatic nitrogens is 3. The van der Waals surface area contributed by atoms with Crippen LogP contribution in [0.4, 0.5) is 11.6 Å². The lowest BCUT2D eigenvalue weighted by molar-refractivity contribution is 1.15. The third-order valence-electron chi connectivity index (χ3n) is 3.00. The lowest BCUT2D eigenvalue weighted by Gasteiger charge is -2.06. The fourth-order valence-electron chi connectivity index (χ4n) is 2.02. The van der Waals surface area contributed by atoms with Crippen molar-refractivity contribution >= 4 is 23.0 Å². The minimum Gasteiger partial charge on any atom is -0.324 e. The Labute approximate surface area is 132 Å². The van der Waals surface area contributed by atoms with Gasteiger partial charge >= 0.3 is 0 Å². The average Bonchev–Trinajstić information content (AvgIpc) is 2.95. The van der Waals surface area contributed by atoms with Gasteiger partial charge in [0.2, 0.25) is 5.95 Å². The number of anilines is 2. The number of hydrogen-bond donors (Lipinski definition) is 1. The van der Waals surface area contributed by atoms with Gasteiger partial charge in [0.05, 0.1) is 23.2 Å². The fourth-order valence-corrected chi connectivity index (χ4v) is 2.63. The van der Waals surface area contributed by atoms with E-state index < -0.39 is 0 Å². The summed E-state index contributed by atoms with van der Waals surface area (Å²) in [6.45, 7) is 1.97. The first kappa shape index (κ1) is 14.2. The fraction of sp³-hybridized carbons (Fsp3) is 0.125. The Morgan fingerprint density at radius 3 is 2.91 bits per heavy atom. The second kappa shape index (κ2) is 6.33. The van der Waals surface area contributed by atoms with E-state index >= 15 is 0 Å². The van der Waals surface area contributed by atoms with Gasteiger partial charge in [-0.3, -0.25) is 0 Å². The molecule has 2 heterocycles. The molecular weight excluding hydrogens is 294 g/mol. The molecule has 2 aromatic heterocycles. The molecule has 0 fully saturated rings. The van der Waals surface area contributed by atoms with Crippen LogP contribution in [0.15, 0.2) is 41.9 Å². The average molecular weight is 307 g/mol. The number of benzene rings is 1. The Morgan fingerprint density at radius 2 is 2.14 bits per heavy atom. The zero-order valence-electron chi connectivity index (χ0n) is 11.9. The van der Waals surface area contributed by atoms with E-state index in [1.807, 2.05) is 42.6 Å². The molecule has 5 nitrogen and oxygen atoms in total. The third-order valence-corrected chi connectivity index (χ3v) is 3.78. The van der Waals surface area contributed by atoms with Crippen LogP contribution < -0.4 is 5.32 Å². The maximum Gasteiger partial charge on any atom is 0.227 e. The number of aryl methyl sites for hydroxylation is 1. The molecule has 0 aliphatic rings.